The van der Waals surface area contributed by atoms with Crippen LogP contribution < -0.4 is 5.32 Å². The molecule has 0 fully saturated rings. The SMILES string of the molecule is O=C(Nc1ccc(Cl)cn1)c1cc(I)ccc1Br. The zero-order chi connectivity index (χ0) is 13.1. The zero-order valence-corrected chi connectivity index (χ0v) is 13.5. The molecule has 1 aromatic heterocycles. The molecular weight excluding hydrogens is 430 g/mol. The Labute approximate surface area is 131 Å². The highest BCUT2D eigenvalue weighted by atomic mass is 127. The van der Waals surface area contributed by atoms with Gasteiger partial charge in [0.2, 0.25) is 0 Å². The van der Waals surface area contributed by atoms with Gasteiger partial charge in [0.1, 0.15) is 5.82 Å². The molecule has 1 aromatic carbocycles. The topological polar surface area (TPSA) is 42.0 Å². The van der Waals surface area contributed by atoms with Gasteiger partial charge in [-0.15, -0.1) is 0 Å². The number of hydrogen-bond donors (Lipinski definition) is 1. The van der Waals surface area contributed by atoms with Gasteiger partial charge >= 0.3 is 0 Å². The van der Waals surface area contributed by atoms with Crippen LogP contribution in [0.5, 0.6) is 0 Å². The Morgan fingerprint density at radius 3 is 2.78 bits per heavy atom. The molecule has 0 spiro atoms. The minimum atomic E-state index is -0.213. The Hall–Kier alpha value is -0.660. The zero-order valence-electron chi connectivity index (χ0n) is 8.95. The second-order valence-electron chi connectivity index (χ2n) is 3.44. The molecule has 0 aliphatic rings. The molecule has 92 valence electrons. The van der Waals surface area contributed by atoms with Gasteiger partial charge in [-0.05, 0) is 68.9 Å². The van der Waals surface area contributed by atoms with E-state index in [0.29, 0.717) is 16.4 Å². The second-order valence-corrected chi connectivity index (χ2v) is 5.98. The van der Waals surface area contributed by atoms with Gasteiger partial charge in [-0.25, -0.2) is 4.98 Å². The number of rotatable bonds is 2. The van der Waals surface area contributed by atoms with Crippen molar-refractivity contribution in [1.29, 1.82) is 0 Å². The van der Waals surface area contributed by atoms with Crippen molar-refractivity contribution in [2.24, 2.45) is 0 Å². The van der Waals surface area contributed by atoms with E-state index in [2.05, 4.69) is 48.8 Å². The van der Waals surface area contributed by atoms with E-state index in [1.165, 1.54) is 6.20 Å². The fraction of sp³-hybridized carbons (Fsp3) is 0. The normalized spacial score (nSPS) is 10.2. The maximum atomic E-state index is 12.1. The molecule has 1 heterocycles. The summed E-state index contributed by atoms with van der Waals surface area (Å²) in [5.41, 5.74) is 0.568. The smallest absolute Gasteiger partial charge is 0.257 e. The standard InChI is InChI=1S/C12H7BrClIN2O/c13-10-3-2-8(15)5-9(10)12(18)17-11-4-1-7(14)6-16-11/h1-6H,(H,16,17,18). The van der Waals surface area contributed by atoms with Gasteiger partial charge in [0.15, 0.2) is 0 Å². The summed E-state index contributed by atoms with van der Waals surface area (Å²) in [5.74, 6) is 0.255. The molecule has 2 aromatic rings. The highest BCUT2D eigenvalue weighted by Gasteiger charge is 2.11. The first-order chi connectivity index (χ1) is 8.56. The van der Waals surface area contributed by atoms with Crippen molar-refractivity contribution in [3.05, 3.63) is 55.2 Å². The third-order valence-electron chi connectivity index (χ3n) is 2.14. The average molecular weight is 437 g/mol. The number of pyridine rings is 1. The summed E-state index contributed by atoms with van der Waals surface area (Å²) in [4.78, 5) is 16.1. The van der Waals surface area contributed by atoms with Crippen molar-refractivity contribution in [1.82, 2.24) is 4.98 Å². The Kier molecular flexibility index (Phi) is 4.58. The second kappa shape index (κ2) is 5.99. The first kappa shape index (κ1) is 13.8. The number of aromatic nitrogens is 1. The number of hydrogen-bond acceptors (Lipinski definition) is 2. The quantitative estimate of drug-likeness (QED) is 0.710. The molecule has 0 aliphatic carbocycles. The lowest BCUT2D eigenvalue weighted by Crippen LogP contribution is -2.13. The fourth-order valence-corrected chi connectivity index (χ4v) is 2.33. The van der Waals surface area contributed by atoms with Crippen LogP contribution in [-0.4, -0.2) is 10.9 Å². The molecule has 0 bridgehead atoms. The first-order valence-electron chi connectivity index (χ1n) is 4.94. The highest BCUT2D eigenvalue weighted by molar-refractivity contribution is 14.1. The maximum Gasteiger partial charge on any atom is 0.257 e. The predicted octanol–water partition coefficient (Wildman–Crippen LogP) is 4.35. The summed E-state index contributed by atoms with van der Waals surface area (Å²) in [5, 5.41) is 3.24. The monoisotopic (exact) mass is 436 g/mol. The summed E-state index contributed by atoms with van der Waals surface area (Å²) in [6.07, 6.45) is 1.49. The van der Waals surface area contributed by atoms with E-state index in [0.717, 1.165) is 8.04 Å². The number of anilines is 1. The summed E-state index contributed by atoms with van der Waals surface area (Å²) in [6, 6.07) is 8.89. The van der Waals surface area contributed by atoms with E-state index in [1.807, 2.05) is 12.1 Å². The maximum absolute atomic E-state index is 12.1. The van der Waals surface area contributed by atoms with E-state index in [9.17, 15) is 4.79 Å². The minimum absolute atomic E-state index is 0.213. The van der Waals surface area contributed by atoms with Gasteiger partial charge in [-0.3, -0.25) is 4.79 Å². The van der Waals surface area contributed by atoms with Gasteiger partial charge in [0.05, 0.1) is 10.6 Å². The lowest BCUT2D eigenvalue weighted by atomic mass is 10.2. The van der Waals surface area contributed by atoms with Gasteiger partial charge in [0.25, 0.3) is 5.91 Å². The fourth-order valence-electron chi connectivity index (χ4n) is 1.30. The van der Waals surface area contributed by atoms with Crippen molar-refractivity contribution in [3.63, 3.8) is 0 Å². The van der Waals surface area contributed by atoms with Gasteiger partial charge in [0, 0.05) is 14.2 Å². The van der Waals surface area contributed by atoms with Gasteiger partial charge < -0.3 is 5.32 Å². The van der Waals surface area contributed by atoms with E-state index in [-0.39, 0.29) is 5.91 Å². The number of carbonyl (C=O) groups is 1. The molecule has 0 radical (unpaired) electrons. The van der Waals surface area contributed by atoms with Crippen LogP contribution in [0.3, 0.4) is 0 Å². The van der Waals surface area contributed by atoms with Crippen LogP contribution in [0.2, 0.25) is 5.02 Å². The van der Waals surface area contributed by atoms with Gasteiger partial charge in [-0.2, -0.15) is 0 Å². The lowest BCUT2D eigenvalue weighted by Gasteiger charge is -2.06. The summed E-state index contributed by atoms with van der Waals surface area (Å²) >= 11 is 11.2. The molecule has 0 saturated carbocycles. The number of benzene rings is 1. The molecular formula is C12H7BrClIN2O. The Morgan fingerprint density at radius 2 is 2.11 bits per heavy atom. The van der Waals surface area contributed by atoms with E-state index >= 15 is 0 Å². The molecule has 18 heavy (non-hydrogen) atoms. The Balaban J connectivity index is 2.21. The number of nitrogens with zero attached hydrogens (tertiary/aromatic N) is 1. The average Bonchev–Trinajstić information content (AvgIpc) is 2.35. The predicted molar refractivity (Wildman–Crippen MR) is 84.1 cm³/mol. The molecule has 1 N–H and O–H groups in total. The van der Waals surface area contributed by atoms with Crippen molar-refractivity contribution in [2.45, 2.75) is 0 Å². The number of carbonyl (C=O) groups excluding carboxylic acids is 1. The molecule has 0 saturated heterocycles. The molecule has 2 rings (SSSR count). The van der Waals surface area contributed by atoms with Crippen molar-refractivity contribution >= 4 is 61.8 Å². The molecule has 0 aliphatic heterocycles. The molecule has 0 atom stereocenters. The lowest BCUT2D eigenvalue weighted by molar-refractivity contribution is 0.102. The van der Waals surface area contributed by atoms with Crippen LogP contribution in [0.1, 0.15) is 10.4 Å². The number of nitrogens with one attached hydrogen (secondary N) is 1. The summed E-state index contributed by atoms with van der Waals surface area (Å²) < 4.78 is 1.74. The number of amides is 1. The van der Waals surface area contributed by atoms with E-state index < -0.39 is 0 Å². The molecule has 1 amide bonds. The van der Waals surface area contributed by atoms with Crippen molar-refractivity contribution in [3.8, 4) is 0 Å². The first-order valence-corrected chi connectivity index (χ1v) is 7.19. The van der Waals surface area contributed by atoms with Crippen LogP contribution in [-0.2, 0) is 0 Å². The van der Waals surface area contributed by atoms with Crippen molar-refractivity contribution < 1.29 is 4.79 Å². The summed E-state index contributed by atoms with van der Waals surface area (Å²) in [7, 11) is 0. The third kappa shape index (κ3) is 3.43. The minimum Gasteiger partial charge on any atom is -0.307 e. The van der Waals surface area contributed by atoms with E-state index in [1.54, 1.807) is 18.2 Å². The van der Waals surface area contributed by atoms with Gasteiger partial charge in [-0.1, -0.05) is 11.6 Å². The molecule has 3 nitrogen and oxygen atoms in total. The van der Waals surface area contributed by atoms with Crippen LogP contribution in [0.4, 0.5) is 5.82 Å². The Morgan fingerprint density at radius 1 is 1.33 bits per heavy atom. The largest absolute Gasteiger partial charge is 0.307 e. The molecule has 0 unspecified atom stereocenters. The number of halogens is 3. The van der Waals surface area contributed by atoms with E-state index in [4.69, 9.17) is 11.6 Å². The van der Waals surface area contributed by atoms with Crippen LogP contribution in [0, 0.1) is 3.57 Å². The summed E-state index contributed by atoms with van der Waals surface area (Å²) in [6.45, 7) is 0. The van der Waals surface area contributed by atoms with Crippen LogP contribution >= 0.6 is 50.1 Å². The van der Waals surface area contributed by atoms with Crippen LogP contribution in [0.15, 0.2) is 41.0 Å². The van der Waals surface area contributed by atoms with Crippen LogP contribution in [0.25, 0.3) is 0 Å². The highest BCUT2D eigenvalue weighted by Crippen LogP contribution is 2.20. The third-order valence-corrected chi connectivity index (χ3v) is 3.73. The van der Waals surface area contributed by atoms with Crippen molar-refractivity contribution in [2.75, 3.05) is 5.32 Å². The Bertz CT molecular complexity index is 589. The molecule has 6 heteroatoms.